The van der Waals surface area contributed by atoms with Gasteiger partial charge in [0.2, 0.25) is 11.8 Å². The maximum Gasteiger partial charge on any atom is 0.245 e. The molecule has 0 aliphatic rings. The molecular formula is C15H28N2O2. The minimum atomic E-state index is -0.111. The number of rotatable bonds is 7. The molecule has 0 unspecified atom stereocenters. The van der Waals surface area contributed by atoms with E-state index in [2.05, 4.69) is 32.3 Å². The van der Waals surface area contributed by atoms with E-state index in [1.165, 1.54) is 12.2 Å². The fourth-order valence-electron chi connectivity index (χ4n) is 1.34. The van der Waals surface area contributed by atoms with E-state index in [9.17, 15) is 9.59 Å². The smallest absolute Gasteiger partial charge is 0.245 e. The van der Waals surface area contributed by atoms with Crippen molar-refractivity contribution in [1.82, 2.24) is 10.2 Å². The van der Waals surface area contributed by atoms with Crippen LogP contribution >= 0.6 is 0 Å². The average molecular weight is 268 g/mol. The van der Waals surface area contributed by atoms with Gasteiger partial charge in [0.15, 0.2) is 0 Å². The van der Waals surface area contributed by atoms with Gasteiger partial charge >= 0.3 is 0 Å². The second-order valence-corrected chi connectivity index (χ2v) is 4.40. The zero-order chi connectivity index (χ0) is 15.3. The van der Waals surface area contributed by atoms with Gasteiger partial charge in [-0.25, -0.2) is 0 Å². The first kappa shape index (κ1) is 19.8. The first-order valence-electron chi connectivity index (χ1n) is 6.77. The topological polar surface area (TPSA) is 49.4 Å². The predicted octanol–water partition coefficient (Wildman–Crippen LogP) is 2.52. The van der Waals surface area contributed by atoms with Crippen molar-refractivity contribution < 1.29 is 9.59 Å². The van der Waals surface area contributed by atoms with E-state index in [0.717, 1.165) is 25.9 Å². The number of carbonyl (C=O) groups is 2. The number of carbonyl (C=O) groups excluding carboxylic acids is 2. The van der Waals surface area contributed by atoms with Gasteiger partial charge in [0.25, 0.3) is 0 Å². The number of hydrogen-bond acceptors (Lipinski definition) is 2. The molecule has 0 saturated carbocycles. The van der Waals surface area contributed by atoms with Crippen LogP contribution in [0, 0.1) is 0 Å². The molecule has 0 radical (unpaired) electrons. The highest BCUT2D eigenvalue weighted by atomic mass is 16.2. The molecular weight excluding hydrogens is 240 g/mol. The van der Waals surface area contributed by atoms with Crippen LogP contribution in [0.3, 0.4) is 0 Å². The van der Waals surface area contributed by atoms with Gasteiger partial charge in [0.1, 0.15) is 0 Å². The number of amides is 2. The van der Waals surface area contributed by atoms with Gasteiger partial charge in [-0.2, -0.15) is 0 Å². The summed E-state index contributed by atoms with van der Waals surface area (Å²) in [6, 6.07) is 0.209. The lowest BCUT2D eigenvalue weighted by Crippen LogP contribution is -2.30. The largest absolute Gasteiger partial charge is 0.350 e. The van der Waals surface area contributed by atoms with Crippen LogP contribution in [-0.4, -0.2) is 35.8 Å². The van der Waals surface area contributed by atoms with Crippen molar-refractivity contribution in [2.75, 3.05) is 13.1 Å². The molecule has 0 spiro atoms. The zero-order valence-electron chi connectivity index (χ0n) is 12.7. The molecule has 0 aliphatic heterocycles. The lowest BCUT2D eigenvalue weighted by atomic mass is 10.3. The second-order valence-electron chi connectivity index (χ2n) is 4.40. The summed E-state index contributed by atoms with van der Waals surface area (Å²) in [5.41, 5.74) is 0. The number of nitrogens with one attached hydrogen (secondary N) is 1. The predicted molar refractivity (Wildman–Crippen MR) is 80.8 cm³/mol. The van der Waals surface area contributed by atoms with Crippen molar-refractivity contribution in [3.8, 4) is 0 Å². The Kier molecular flexibility index (Phi) is 13.4. The maximum atomic E-state index is 11.1. The minimum Gasteiger partial charge on any atom is -0.350 e. The molecule has 0 atom stereocenters. The highest BCUT2D eigenvalue weighted by Crippen LogP contribution is 1.95. The standard InChI is InChI=1S/C9H17NO.C6H11NO/c1-4-7-10(8-5-2)9(11)6-3;1-4-6(8)7-5(2)3/h6H,3-5,7-8H2,1-2H3;4-5H,1H2,2-3H3,(H,7,8). The molecule has 0 bridgehead atoms. The van der Waals surface area contributed by atoms with Gasteiger partial charge in [-0.05, 0) is 38.8 Å². The Balaban J connectivity index is 0. The molecule has 0 heterocycles. The van der Waals surface area contributed by atoms with E-state index in [4.69, 9.17) is 0 Å². The van der Waals surface area contributed by atoms with Gasteiger partial charge < -0.3 is 10.2 Å². The third-order valence-electron chi connectivity index (χ3n) is 2.09. The van der Waals surface area contributed by atoms with Crippen molar-refractivity contribution in [3.63, 3.8) is 0 Å². The van der Waals surface area contributed by atoms with Gasteiger partial charge in [0, 0.05) is 19.1 Å². The highest BCUT2D eigenvalue weighted by Gasteiger charge is 2.05. The van der Waals surface area contributed by atoms with Gasteiger partial charge in [-0.1, -0.05) is 27.0 Å². The van der Waals surface area contributed by atoms with E-state index in [1.807, 2.05) is 18.7 Å². The van der Waals surface area contributed by atoms with Crippen LogP contribution in [0.2, 0.25) is 0 Å². The Labute approximate surface area is 117 Å². The summed E-state index contributed by atoms with van der Waals surface area (Å²) in [4.78, 5) is 23.3. The van der Waals surface area contributed by atoms with Gasteiger partial charge in [-0.3, -0.25) is 9.59 Å². The van der Waals surface area contributed by atoms with Crippen LogP contribution in [-0.2, 0) is 9.59 Å². The van der Waals surface area contributed by atoms with Crippen molar-refractivity contribution in [2.24, 2.45) is 0 Å². The van der Waals surface area contributed by atoms with E-state index in [0.29, 0.717) is 0 Å². The van der Waals surface area contributed by atoms with Crippen molar-refractivity contribution >= 4 is 11.8 Å². The van der Waals surface area contributed by atoms with Crippen LogP contribution in [0.25, 0.3) is 0 Å². The van der Waals surface area contributed by atoms with E-state index < -0.39 is 0 Å². The molecule has 110 valence electrons. The molecule has 4 nitrogen and oxygen atoms in total. The van der Waals surface area contributed by atoms with Crippen molar-refractivity contribution in [3.05, 3.63) is 25.3 Å². The van der Waals surface area contributed by atoms with E-state index in [-0.39, 0.29) is 17.9 Å². The Hall–Kier alpha value is -1.58. The summed E-state index contributed by atoms with van der Waals surface area (Å²) < 4.78 is 0. The summed E-state index contributed by atoms with van der Waals surface area (Å²) in [6.45, 7) is 16.4. The van der Waals surface area contributed by atoms with E-state index >= 15 is 0 Å². The molecule has 0 rings (SSSR count). The molecule has 0 aromatic heterocycles. The molecule has 2 amide bonds. The minimum absolute atomic E-state index is 0.0497. The molecule has 0 saturated heterocycles. The normalized spacial score (nSPS) is 9.11. The summed E-state index contributed by atoms with van der Waals surface area (Å²) >= 11 is 0. The van der Waals surface area contributed by atoms with Crippen LogP contribution < -0.4 is 5.32 Å². The fraction of sp³-hybridized carbons (Fsp3) is 0.600. The van der Waals surface area contributed by atoms with Crippen LogP contribution in [0.4, 0.5) is 0 Å². The van der Waals surface area contributed by atoms with E-state index in [1.54, 1.807) is 0 Å². The lowest BCUT2D eigenvalue weighted by molar-refractivity contribution is -0.126. The molecule has 0 aliphatic carbocycles. The summed E-state index contributed by atoms with van der Waals surface area (Å²) in [5, 5.41) is 2.64. The van der Waals surface area contributed by atoms with Crippen LogP contribution in [0.5, 0.6) is 0 Å². The van der Waals surface area contributed by atoms with Crippen molar-refractivity contribution in [2.45, 2.75) is 46.6 Å². The van der Waals surface area contributed by atoms with Gasteiger partial charge in [-0.15, -0.1) is 0 Å². The third-order valence-corrected chi connectivity index (χ3v) is 2.09. The Morgan fingerprint density at radius 2 is 1.58 bits per heavy atom. The van der Waals surface area contributed by atoms with Crippen LogP contribution in [0.1, 0.15) is 40.5 Å². The summed E-state index contributed by atoms with van der Waals surface area (Å²) in [7, 11) is 0. The number of nitrogens with zero attached hydrogens (tertiary/aromatic N) is 1. The zero-order valence-corrected chi connectivity index (χ0v) is 12.7. The van der Waals surface area contributed by atoms with Crippen molar-refractivity contribution in [1.29, 1.82) is 0 Å². The quantitative estimate of drug-likeness (QED) is 0.721. The summed E-state index contributed by atoms with van der Waals surface area (Å²) in [6.07, 6.45) is 4.67. The summed E-state index contributed by atoms with van der Waals surface area (Å²) in [5.74, 6) is -0.0614. The molecule has 0 aromatic carbocycles. The first-order valence-corrected chi connectivity index (χ1v) is 6.77. The number of hydrogen-bond donors (Lipinski definition) is 1. The van der Waals surface area contributed by atoms with Gasteiger partial charge in [0.05, 0.1) is 0 Å². The Morgan fingerprint density at radius 3 is 1.79 bits per heavy atom. The Bertz CT molecular complexity index is 280. The van der Waals surface area contributed by atoms with Crippen LogP contribution in [0.15, 0.2) is 25.3 Å². The highest BCUT2D eigenvalue weighted by molar-refractivity contribution is 5.87. The lowest BCUT2D eigenvalue weighted by Gasteiger charge is -2.18. The molecule has 0 fully saturated rings. The monoisotopic (exact) mass is 268 g/mol. The SMILES string of the molecule is C=CC(=O)N(CCC)CCC.C=CC(=O)NC(C)C. The molecule has 19 heavy (non-hydrogen) atoms. The third kappa shape index (κ3) is 12.7. The molecule has 0 aromatic rings. The maximum absolute atomic E-state index is 11.1. The average Bonchev–Trinajstić information content (AvgIpc) is 2.37. The fourth-order valence-corrected chi connectivity index (χ4v) is 1.34. The molecule has 4 heteroatoms. The first-order chi connectivity index (χ1) is 8.92. The second kappa shape index (κ2) is 12.9. The molecule has 1 N–H and O–H groups in total. The Morgan fingerprint density at radius 1 is 1.11 bits per heavy atom.